The van der Waals surface area contributed by atoms with E-state index in [0.717, 1.165) is 44.7 Å². The number of phenolic OH excluding ortho intramolecular Hbond substituents is 1. The van der Waals surface area contributed by atoms with Crippen LogP contribution in [-0.2, 0) is 6.42 Å². The van der Waals surface area contributed by atoms with Crippen LogP contribution in [0.3, 0.4) is 0 Å². The highest BCUT2D eigenvalue weighted by Crippen LogP contribution is 2.18. The van der Waals surface area contributed by atoms with Gasteiger partial charge in [0.05, 0.1) is 6.54 Å². The van der Waals surface area contributed by atoms with Crippen molar-refractivity contribution in [1.29, 1.82) is 0 Å². The van der Waals surface area contributed by atoms with Gasteiger partial charge in [0.15, 0.2) is 0 Å². The summed E-state index contributed by atoms with van der Waals surface area (Å²) >= 11 is 0. The molecule has 1 saturated heterocycles. The van der Waals surface area contributed by atoms with Crippen molar-refractivity contribution in [3.63, 3.8) is 0 Å². The average molecular weight is 378 g/mol. The molecule has 0 atom stereocenters. The highest BCUT2D eigenvalue weighted by molar-refractivity contribution is 5.51. The molecule has 1 aliphatic rings. The molecule has 2 aromatic rings. The smallest absolute Gasteiger partial charge is 0.115 e. The predicted molar refractivity (Wildman–Crippen MR) is 117 cm³/mol. The summed E-state index contributed by atoms with van der Waals surface area (Å²) in [5.74, 6) is 6.74. The Morgan fingerprint density at radius 1 is 0.964 bits per heavy atom. The third kappa shape index (κ3) is 6.02. The molecule has 1 fully saturated rings. The summed E-state index contributed by atoms with van der Waals surface area (Å²) in [6, 6.07) is 16.6. The van der Waals surface area contributed by atoms with Gasteiger partial charge in [-0.1, -0.05) is 24.0 Å². The third-order valence-electron chi connectivity index (χ3n) is 5.25. The monoisotopic (exact) mass is 377 g/mol. The Morgan fingerprint density at radius 2 is 1.64 bits per heavy atom. The lowest BCUT2D eigenvalue weighted by molar-refractivity contribution is 0.209. The number of rotatable bonds is 6. The summed E-state index contributed by atoms with van der Waals surface area (Å²) in [6.07, 6.45) is 0.931. The Hall–Kier alpha value is -2.48. The summed E-state index contributed by atoms with van der Waals surface area (Å²) in [6.45, 7) is 10.5. The van der Waals surface area contributed by atoms with Gasteiger partial charge in [0.1, 0.15) is 5.75 Å². The molecule has 1 heterocycles. The standard InChI is InChI=1S/C24H31N3O/c1-20(2)26-16-18-27(19-17-26)23-9-5-21(6-10-23)4-3-14-25-15-13-22-7-11-24(28)12-8-22/h5-12,20,25,28H,13-19H2,1-2H3. The average Bonchev–Trinajstić information content (AvgIpc) is 2.72. The number of anilines is 1. The van der Waals surface area contributed by atoms with E-state index in [1.54, 1.807) is 12.1 Å². The van der Waals surface area contributed by atoms with Gasteiger partial charge >= 0.3 is 0 Å². The summed E-state index contributed by atoms with van der Waals surface area (Å²) in [4.78, 5) is 4.99. The fourth-order valence-corrected chi connectivity index (χ4v) is 3.44. The second kappa shape index (κ2) is 10.2. The lowest BCUT2D eigenvalue weighted by atomic mass is 10.1. The molecular formula is C24H31N3O. The molecule has 0 aromatic heterocycles. The number of nitrogens with one attached hydrogen (secondary N) is 1. The highest BCUT2D eigenvalue weighted by Gasteiger charge is 2.18. The van der Waals surface area contributed by atoms with Crippen LogP contribution >= 0.6 is 0 Å². The fraction of sp³-hybridized carbons (Fsp3) is 0.417. The zero-order chi connectivity index (χ0) is 19.8. The van der Waals surface area contributed by atoms with Crippen molar-refractivity contribution in [3.05, 3.63) is 59.7 Å². The minimum atomic E-state index is 0.311. The molecule has 0 spiro atoms. The molecule has 148 valence electrons. The Labute approximate surface area is 169 Å². The van der Waals surface area contributed by atoms with E-state index in [4.69, 9.17) is 0 Å². The van der Waals surface area contributed by atoms with Gasteiger partial charge in [-0.3, -0.25) is 4.90 Å². The first-order chi connectivity index (χ1) is 13.6. The lowest BCUT2D eigenvalue weighted by Gasteiger charge is -2.38. The van der Waals surface area contributed by atoms with Crippen LogP contribution in [0.25, 0.3) is 0 Å². The molecule has 2 N–H and O–H groups in total. The maximum Gasteiger partial charge on any atom is 0.115 e. The first-order valence-corrected chi connectivity index (χ1v) is 10.2. The van der Waals surface area contributed by atoms with Crippen molar-refractivity contribution in [3.8, 4) is 17.6 Å². The van der Waals surface area contributed by atoms with E-state index in [2.05, 4.69) is 65.1 Å². The molecule has 4 heteroatoms. The summed E-state index contributed by atoms with van der Waals surface area (Å²) in [7, 11) is 0. The van der Waals surface area contributed by atoms with E-state index >= 15 is 0 Å². The normalized spacial score (nSPS) is 14.8. The van der Waals surface area contributed by atoms with Gasteiger partial charge in [0.25, 0.3) is 0 Å². The topological polar surface area (TPSA) is 38.7 Å². The zero-order valence-corrected chi connectivity index (χ0v) is 17.0. The molecule has 28 heavy (non-hydrogen) atoms. The number of hydrogen-bond donors (Lipinski definition) is 2. The molecular weight excluding hydrogens is 346 g/mol. The summed E-state index contributed by atoms with van der Waals surface area (Å²) in [5.41, 5.74) is 3.56. The molecule has 0 bridgehead atoms. The van der Waals surface area contributed by atoms with Crippen LogP contribution in [-0.4, -0.2) is 55.3 Å². The van der Waals surface area contributed by atoms with Gasteiger partial charge in [-0.15, -0.1) is 0 Å². The molecule has 0 aliphatic carbocycles. The fourth-order valence-electron chi connectivity index (χ4n) is 3.44. The van der Waals surface area contributed by atoms with Gasteiger partial charge in [-0.2, -0.15) is 0 Å². The van der Waals surface area contributed by atoms with Crippen LogP contribution in [0.4, 0.5) is 5.69 Å². The van der Waals surface area contributed by atoms with Crippen molar-refractivity contribution in [2.45, 2.75) is 26.3 Å². The van der Waals surface area contributed by atoms with E-state index in [1.807, 2.05) is 12.1 Å². The van der Waals surface area contributed by atoms with E-state index in [9.17, 15) is 5.11 Å². The van der Waals surface area contributed by atoms with Crippen LogP contribution in [0.5, 0.6) is 5.75 Å². The van der Waals surface area contributed by atoms with Crippen molar-refractivity contribution >= 4 is 5.69 Å². The SMILES string of the molecule is CC(C)N1CCN(c2ccc(C#CCNCCc3ccc(O)cc3)cc2)CC1. The largest absolute Gasteiger partial charge is 0.508 e. The van der Waals surface area contributed by atoms with E-state index in [-0.39, 0.29) is 0 Å². The van der Waals surface area contributed by atoms with Crippen LogP contribution in [0.2, 0.25) is 0 Å². The first kappa shape index (κ1) is 20.3. The second-order valence-corrected chi connectivity index (χ2v) is 7.56. The van der Waals surface area contributed by atoms with Gasteiger partial charge in [0, 0.05) is 50.0 Å². The zero-order valence-electron chi connectivity index (χ0n) is 17.0. The van der Waals surface area contributed by atoms with Crippen molar-refractivity contribution in [2.75, 3.05) is 44.2 Å². The number of aromatic hydroxyl groups is 1. The summed E-state index contributed by atoms with van der Waals surface area (Å²) in [5, 5.41) is 12.6. The van der Waals surface area contributed by atoms with Gasteiger partial charge in [0.2, 0.25) is 0 Å². The molecule has 4 nitrogen and oxygen atoms in total. The van der Waals surface area contributed by atoms with Crippen molar-refractivity contribution < 1.29 is 5.11 Å². The van der Waals surface area contributed by atoms with E-state index in [0.29, 0.717) is 18.3 Å². The van der Waals surface area contributed by atoms with E-state index < -0.39 is 0 Å². The second-order valence-electron chi connectivity index (χ2n) is 7.56. The number of phenols is 1. The molecule has 0 unspecified atom stereocenters. The Bertz CT molecular complexity index is 779. The van der Waals surface area contributed by atoms with Crippen LogP contribution in [0.1, 0.15) is 25.0 Å². The van der Waals surface area contributed by atoms with Crippen molar-refractivity contribution in [2.24, 2.45) is 0 Å². The van der Waals surface area contributed by atoms with Crippen LogP contribution in [0, 0.1) is 11.8 Å². The highest BCUT2D eigenvalue weighted by atomic mass is 16.3. The number of piperazine rings is 1. The molecule has 0 saturated carbocycles. The van der Waals surface area contributed by atoms with Gasteiger partial charge < -0.3 is 15.3 Å². The first-order valence-electron chi connectivity index (χ1n) is 10.2. The molecule has 0 amide bonds. The Balaban J connectivity index is 1.39. The molecule has 3 rings (SSSR count). The molecule has 1 aliphatic heterocycles. The number of hydrogen-bond acceptors (Lipinski definition) is 4. The Kier molecular flexibility index (Phi) is 7.36. The number of benzene rings is 2. The maximum atomic E-state index is 9.29. The molecule has 2 aromatic carbocycles. The van der Waals surface area contributed by atoms with Crippen LogP contribution < -0.4 is 10.2 Å². The minimum absolute atomic E-state index is 0.311. The van der Waals surface area contributed by atoms with Crippen LogP contribution in [0.15, 0.2) is 48.5 Å². The predicted octanol–water partition coefficient (Wildman–Crippen LogP) is 3.11. The van der Waals surface area contributed by atoms with Crippen molar-refractivity contribution in [1.82, 2.24) is 10.2 Å². The van der Waals surface area contributed by atoms with E-state index in [1.165, 1.54) is 11.3 Å². The Morgan fingerprint density at radius 3 is 2.29 bits per heavy atom. The summed E-state index contributed by atoms with van der Waals surface area (Å²) < 4.78 is 0. The number of nitrogens with zero attached hydrogens (tertiary/aromatic N) is 2. The van der Waals surface area contributed by atoms with Gasteiger partial charge in [-0.05, 0) is 62.2 Å². The lowest BCUT2D eigenvalue weighted by Crippen LogP contribution is -2.48. The maximum absolute atomic E-state index is 9.29. The molecule has 0 radical (unpaired) electrons. The third-order valence-corrected chi connectivity index (χ3v) is 5.25. The van der Waals surface area contributed by atoms with Gasteiger partial charge in [-0.25, -0.2) is 0 Å². The minimum Gasteiger partial charge on any atom is -0.508 e. The quantitative estimate of drug-likeness (QED) is 0.599.